The molecular formula is C14H26N2O2. The molecular weight excluding hydrogens is 228 g/mol. The quantitative estimate of drug-likeness (QED) is 0.705. The predicted octanol–water partition coefficient (Wildman–Crippen LogP) is 1.04. The molecule has 4 nitrogen and oxygen atoms in total. The van der Waals surface area contributed by atoms with E-state index in [0.717, 1.165) is 6.42 Å². The van der Waals surface area contributed by atoms with Crippen molar-refractivity contribution in [3.05, 3.63) is 0 Å². The molecule has 0 radical (unpaired) electrons. The van der Waals surface area contributed by atoms with E-state index in [-0.39, 0.29) is 18.1 Å². The third kappa shape index (κ3) is 3.23. The van der Waals surface area contributed by atoms with Crippen molar-refractivity contribution >= 4 is 5.91 Å². The highest BCUT2D eigenvalue weighted by atomic mass is 16.3. The van der Waals surface area contributed by atoms with Crippen LogP contribution in [0.3, 0.4) is 0 Å². The molecule has 2 aliphatic rings. The Hall–Kier alpha value is -0.610. The standard InChI is InChI=1S/C14H26N2O2/c1-9(2)11-5-3-4-6-12(11)16-14(18)13-7-10(17)8-15-13/h9-13,15,17H,3-8H2,1-2H3,(H,16,18). The minimum Gasteiger partial charge on any atom is -0.392 e. The SMILES string of the molecule is CC(C)C1CCCCC1NC(=O)C1CC(O)CN1. The van der Waals surface area contributed by atoms with Gasteiger partial charge in [0, 0.05) is 12.6 Å². The Kier molecular flexibility index (Phi) is 4.62. The summed E-state index contributed by atoms with van der Waals surface area (Å²) < 4.78 is 0. The second kappa shape index (κ2) is 6.02. The normalized spacial score (nSPS) is 36.9. The van der Waals surface area contributed by atoms with Crippen LogP contribution in [0, 0.1) is 11.8 Å². The van der Waals surface area contributed by atoms with E-state index in [1.807, 2.05) is 0 Å². The topological polar surface area (TPSA) is 61.4 Å². The van der Waals surface area contributed by atoms with Gasteiger partial charge in [0.1, 0.15) is 0 Å². The lowest BCUT2D eigenvalue weighted by atomic mass is 9.78. The Morgan fingerprint density at radius 3 is 2.67 bits per heavy atom. The van der Waals surface area contributed by atoms with Gasteiger partial charge in [0.15, 0.2) is 0 Å². The summed E-state index contributed by atoms with van der Waals surface area (Å²) in [6, 6.07) is 0.125. The minimum absolute atomic E-state index is 0.0732. The maximum absolute atomic E-state index is 12.1. The molecule has 1 amide bonds. The predicted molar refractivity (Wildman–Crippen MR) is 71.1 cm³/mol. The molecule has 0 aromatic heterocycles. The highest BCUT2D eigenvalue weighted by Gasteiger charge is 2.33. The minimum atomic E-state index is -0.368. The summed E-state index contributed by atoms with van der Waals surface area (Å²) in [5.74, 6) is 1.30. The van der Waals surface area contributed by atoms with Crippen LogP contribution >= 0.6 is 0 Å². The molecule has 18 heavy (non-hydrogen) atoms. The van der Waals surface area contributed by atoms with E-state index in [1.54, 1.807) is 0 Å². The van der Waals surface area contributed by atoms with Crippen LogP contribution in [0.5, 0.6) is 0 Å². The van der Waals surface area contributed by atoms with Crippen molar-refractivity contribution in [3.63, 3.8) is 0 Å². The van der Waals surface area contributed by atoms with Crippen molar-refractivity contribution in [2.75, 3.05) is 6.54 Å². The molecule has 0 spiro atoms. The lowest BCUT2D eigenvalue weighted by Crippen LogP contribution is -2.49. The van der Waals surface area contributed by atoms with E-state index in [1.165, 1.54) is 19.3 Å². The number of carbonyl (C=O) groups is 1. The lowest BCUT2D eigenvalue weighted by molar-refractivity contribution is -0.124. The zero-order valence-corrected chi connectivity index (χ0v) is 11.5. The van der Waals surface area contributed by atoms with Crippen LogP contribution in [0.25, 0.3) is 0 Å². The monoisotopic (exact) mass is 254 g/mol. The van der Waals surface area contributed by atoms with E-state index in [2.05, 4.69) is 24.5 Å². The van der Waals surface area contributed by atoms with E-state index in [4.69, 9.17) is 0 Å². The highest BCUT2D eigenvalue weighted by molar-refractivity contribution is 5.82. The number of aliphatic hydroxyl groups is 1. The first-order chi connectivity index (χ1) is 8.58. The number of β-amino-alcohol motifs (C(OH)–C–C–N with tert-alkyl or cyclic N) is 1. The Morgan fingerprint density at radius 2 is 2.06 bits per heavy atom. The van der Waals surface area contributed by atoms with Crippen molar-refractivity contribution in [1.29, 1.82) is 0 Å². The number of hydrogen-bond acceptors (Lipinski definition) is 3. The number of rotatable bonds is 3. The summed E-state index contributed by atoms with van der Waals surface area (Å²) in [5.41, 5.74) is 0. The maximum Gasteiger partial charge on any atom is 0.237 e. The molecule has 4 heteroatoms. The third-order valence-electron chi connectivity index (χ3n) is 4.43. The number of hydrogen-bond donors (Lipinski definition) is 3. The largest absolute Gasteiger partial charge is 0.392 e. The molecule has 0 bridgehead atoms. The molecule has 0 aromatic rings. The fourth-order valence-electron chi connectivity index (χ4n) is 3.34. The molecule has 2 fully saturated rings. The second-order valence-corrected chi connectivity index (χ2v) is 6.16. The van der Waals surface area contributed by atoms with Crippen molar-refractivity contribution in [3.8, 4) is 0 Å². The first-order valence-corrected chi connectivity index (χ1v) is 7.29. The van der Waals surface area contributed by atoms with Crippen LogP contribution in [0.15, 0.2) is 0 Å². The molecule has 0 aromatic carbocycles. The molecule has 104 valence electrons. The Labute approximate surface area is 110 Å². The fourth-order valence-corrected chi connectivity index (χ4v) is 3.34. The molecule has 1 aliphatic carbocycles. The highest BCUT2D eigenvalue weighted by Crippen LogP contribution is 2.30. The maximum atomic E-state index is 12.1. The lowest BCUT2D eigenvalue weighted by Gasteiger charge is -2.35. The van der Waals surface area contributed by atoms with Crippen molar-refractivity contribution in [2.45, 2.75) is 64.1 Å². The molecule has 4 unspecified atom stereocenters. The van der Waals surface area contributed by atoms with Gasteiger partial charge in [-0.05, 0) is 31.1 Å². The summed E-state index contributed by atoms with van der Waals surface area (Å²) in [4.78, 5) is 12.1. The smallest absolute Gasteiger partial charge is 0.237 e. The Balaban J connectivity index is 1.88. The van der Waals surface area contributed by atoms with Crippen molar-refractivity contribution in [2.24, 2.45) is 11.8 Å². The number of carbonyl (C=O) groups excluding carboxylic acids is 1. The van der Waals surface area contributed by atoms with Gasteiger partial charge >= 0.3 is 0 Å². The first kappa shape index (κ1) is 13.8. The van der Waals surface area contributed by atoms with Crippen LogP contribution in [-0.2, 0) is 4.79 Å². The van der Waals surface area contributed by atoms with Gasteiger partial charge in [0.05, 0.1) is 12.1 Å². The zero-order chi connectivity index (χ0) is 13.1. The van der Waals surface area contributed by atoms with Crippen LogP contribution in [0.2, 0.25) is 0 Å². The molecule has 1 saturated heterocycles. The van der Waals surface area contributed by atoms with Gasteiger partial charge in [-0.25, -0.2) is 0 Å². The number of aliphatic hydroxyl groups excluding tert-OH is 1. The fraction of sp³-hybridized carbons (Fsp3) is 0.929. The van der Waals surface area contributed by atoms with Gasteiger partial charge in [-0.2, -0.15) is 0 Å². The van der Waals surface area contributed by atoms with Crippen LogP contribution in [-0.4, -0.2) is 35.7 Å². The van der Waals surface area contributed by atoms with E-state index in [9.17, 15) is 9.90 Å². The van der Waals surface area contributed by atoms with Gasteiger partial charge in [-0.3, -0.25) is 4.79 Å². The van der Waals surface area contributed by atoms with Gasteiger partial charge in [-0.1, -0.05) is 26.7 Å². The molecule has 3 N–H and O–H groups in total. The third-order valence-corrected chi connectivity index (χ3v) is 4.43. The summed E-state index contributed by atoms with van der Waals surface area (Å²) in [5, 5.41) is 15.7. The van der Waals surface area contributed by atoms with Crippen molar-refractivity contribution < 1.29 is 9.90 Å². The zero-order valence-electron chi connectivity index (χ0n) is 11.5. The molecule has 2 rings (SSSR count). The average Bonchev–Trinajstić information content (AvgIpc) is 2.76. The summed E-state index contributed by atoms with van der Waals surface area (Å²) in [6.45, 7) is 5.02. The molecule has 1 aliphatic heterocycles. The number of nitrogens with one attached hydrogen (secondary N) is 2. The van der Waals surface area contributed by atoms with E-state index in [0.29, 0.717) is 30.8 Å². The van der Waals surface area contributed by atoms with Crippen LogP contribution < -0.4 is 10.6 Å². The summed E-state index contributed by atoms with van der Waals surface area (Å²) >= 11 is 0. The van der Waals surface area contributed by atoms with Gasteiger partial charge in [0.2, 0.25) is 5.91 Å². The van der Waals surface area contributed by atoms with E-state index >= 15 is 0 Å². The van der Waals surface area contributed by atoms with E-state index < -0.39 is 0 Å². The summed E-state index contributed by atoms with van der Waals surface area (Å²) in [7, 11) is 0. The molecule has 4 atom stereocenters. The Bertz CT molecular complexity index is 294. The number of amides is 1. The van der Waals surface area contributed by atoms with Crippen LogP contribution in [0.4, 0.5) is 0 Å². The molecule has 1 heterocycles. The van der Waals surface area contributed by atoms with Gasteiger partial charge in [-0.15, -0.1) is 0 Å². The Morgan fingerprint density at radius 1 is 1.33 bits per heavy atom. The van der Waals surface area contributed by atoms with Gasteiger partial charge < -0.3 is 15.7 Å². The first-order valence-electron chi connectivity index (χ1n) is 7.29. The molecule has 1 saturated carbocycles. The average molecular weight is 254 g/mol. The van der Waals surface area contributed by atoms with Gasteiger partial charge in [0.25, 0.3) is 0 Å². The van der Waals surface area contributed by atoms with Crippen molar-refractivity contribution in [1.82, 2.24) is 10.6 Å². The summed E-state index contributed by atoms with van der Waals surface area (Å²) in [6.07, 6.45) is 5.01. The second-order valence-electron chi connectivity index (χ2n) is 6.16. The van der Waals surface area contributed by atoms with Crippen LogP contribution in [0.1, 0.15) is 46.0 Å².